The summed E-state index contributed by atoms with van der Waals surface area (Å²) in [5, 5.41) is 16.8. The minimum atomic E-state index is -3.67. The maximum atomic E-state index is 14.9. The van der Waals surface area contributed by atoms with Gasteiger partial charge in [-0.25, -0.2) is 17.2 Å². The molecule has 48 heavy (non-hydrogen) atoms. The van der Waals surface area contributed by atoms with Crippen molar-refractivity contribution in [3.8, 4) is 5.75 Å². The van der Waals surface area contributed by atoms with Crippen LogP contribution in [0.3, 0.4) is 0 Å². The van der Waals surface area contributed by atoms with E-state index >= 15 is 0 Å². The Morgan fingerprint density at radius 1 is 1.08 bits per heavy atom. The second-order valence-electron chi connectivity index (χ2n) is 11.6. The summed E-state index contributed by atoms with van der Waals surface area (Å²) in [7, 11) is -3.67. The molecule has 256 valence electrons. The molecule has 1 saturated heterocycles. The summed E-state index contributed by atoms with van der Waals surface area (Å²) >= 11 is 0. The second kappa shape index (κ2) is 13.1. The molecule has 0 aromatic heterocycles. The number of anilines is 1. The number of sulfone groups is 1. The topological polar surface area (TPSA) is 196 Å². The number of carbonyl (C=O) groups excluding carboxylic acids is 4. The molecule has 0 saturated carbocycles. The molecule has 15 nitrogen and oxygen atoms in total. The summed E-state index contributed by atoms with van der Waals surface area (Å²) < 4.78 is 64.6. The maximum Gasteiger partial charge on any atom is 0.262 e. The van der Waals surface area contributed by atoms with Crippen molar-refractivity contribution >= 4 is 39.2 Å². The highest BCUT2D eigenvalue weighted by Gasteiger charge is 2.45. The van der Waals surface area contributed by atoms with Crippen LogP contribution >= 0.6 is 0 Å². The first-order valence-corrected chi connectivity index (χ1v) is 16.9. The molecular weight excluding hydrogens is 658 g/mol. The third-order valence-corrected chi connectivity index (χ3v) is 9.48. The van der Waals surface area contributed by atoms with Crippen LogP contribution in [0.1, 0.15) is 50.8 Å². The largest absolute Gasteiger partial charge is 0.491 e. The number of hydrogen-bond acceptors (Lipinski definition) is 13. The Labute approximate surface area is 273 Å². The van der Waals surface area contributed by atoms with Crippen LogP contribution in [0, 0.1) is 5.82 Å². The molecule has 3 heterocycles. The Hall–Kier alpha value is -4.65. The van der Waals surface area contributed by atoms with Gasteiger partial charge in [0, 0.05) is 36.4 Å². The van der Waals surface area contributed by atoms with Crippen molar-refractivity contribution in [3.63, 3.8) is 0 Å². The van der Waals surface area contributed by atoms with Gasteiger partial charge in [-0.05, 0) is 30.7 Å². The number of rotatable bonds is 12. The van der Waals surface area contributed by atoms with Gasteiger partial charge in [0.25, 0.3) is 11.8 Å². The van der Waals surface area contributed by atoms with Crippen molar-refractivity contribution in [2.24, 2.45) is 0 Å². The lowest BCUT2D eigenvalue weighted by atomic mass is 10.0. The van der Waals surface area contributed by atoms with Crippen molar-refractivity contribution in [2.45, 2.75) is 42.5 Å². The molecule has 5 N–H and O–H groups in total. The standard InChI is InChI=1S/C30H32F2N6O9S/c1-48(44,45)24-4-3-23(18-11-20(32)27(40)26(18)24)47-9-8-46-7-6-37-34-14-15(36-37)13-33-21-12-17-16(10-19(21)31)29(42)38(30(17)43)22-2-5-25(39)35-28(22)41/h3-4,10,12,14,20,22,27,33-34,36,40H,2,5-9,11,13H2,1H3,(H,35,39,41)/t20-,22?,27-/m1/s1. The van der Waals surface area contributed by atoms with Gasteiger partial charge in [0.1, 0.15) is 36.5 Å². The number of piperidine rings is 1. The molecule has 2 aromatic carbocycles. The summed E-state index contributed by atoms with van der Waals surface area (Å²) in [5.41, 5.74) is 6.76. The zero-order chi connectivity index (χ0) is 34.3. The summed E-state index contributed by atoms with van der Waals surface area (Å²) in [5.74, 6) is -3.28. The van der Waals surface area contributed by atoms with Gasteiger partial charge in [-0.2, -0.15) is 0 Å². The number of aliphatic hydroxyl groups excluding tert-OH is 1. The quantitative estimate of drug-likeness (QED) is 0.150. The predicted molar refractivity (Wildman–Crippen MR) is 162 cm³/mol. The molecule has 3 atom stereocenters. The molecular formula is C30H32F2N6O9S. The van der Waals surface area contributed by atoms with Crippen LogP contribution in [0.2, 0.25) is 0 Å². The number of nitrogens with one attached hydrogen (secondary N) is 4. The number of halogens is 2. The molecule has 0 spiro atoms. The van der Waals surface area contributed by atoms with Gasteiger partial charge >= 0.3 is 0 Å². The second-order valence-corrected chi connectivity index (χ2v) is 13.6. The van der Waals surface area contributed by atoms with Gasteiger partial charge in [-0.1, -0.05) is 0 Å². The number of aliphatic hydroxyl groups is 1. The molecule has 4 amide bonds. The summed E-state index contributed by atoms with van der Waals surface area (Å²) in [6, 6.07) is 3.76. The summed E-state index contributed by atoms with van der Waals surface area (Å²) in [4.78, 5) is 50.3. The molecule has 4 aliphatic rings. The number of ether oxygens (including phenoxy) is 2. The monoisotopic (exact) mass is 690 g/mol. The van der Waals surface area contributed by atoms with E-state index in [1.165, 1.54) is 18.2 Å². The van der Waals surface area contributed by atoms with E-state index in [1.807, 2.05) is 0 Å². The number of benzene rings is 2. The SMILES string of the molecule is CS(=O)(=O)c1ccc(OCCOCCN2NC=C(CNc3cc4c(cc3F)C(=O)N(C3CCC(=O)NC3=O)C4=O)N2)c2c1[C@H](O)[C@H](F)C2. The van der Waals surface area contributed by atoms with Crippen LogP contribution < -0.4 is 26.2 Å². The predicted octanol–water partition coefficient (Wildman–Crippen LogP) is 0.232. The van der Waals surface area contributed by atoms with E-state index in [0.717, 1.165) is 17.2 Å². The Bertz CT molecular complexity index is 1840. The first kappa shape index (κ1) is 33.3. The highest BCUT2D eigenvalue weighted by Crippen LogP contribution is 2.42. The van der Waals surface area contributed by atoms with Gasteiger partial charge in [0.2, 0.25) is 11.8 Å². The van der Waals surface area contributed by atoms with Crippen molar-refractivity contribution in [3.05, 3.63) is 64.2 Å². The molecule has 2 aromatic rings. The molecule has 18 heteroatoms. The van der Waals surface area contributed by atoms with Crippen LogP contribution in [0.4, 0.5) is 14.5 Å². The number of hydrogen-bond donors (Lipinski definition) is 5. The van der Waals surface area contributed by atoms with E-state index < -0.39 is 57.6 Å². The smallest absolute Gasteiger partial charge is 0.262 e. The van der Waals surface area contributed by atoms with E-state index in [4.69, 9.17) is 9.47 Å². The minimum Gasteiger partial charge on any atom is -0.491 e. The molecule has 1 fully saturated rings. The Morgan fingerprint density at radius 3 is 2.56 bits per heavy atom. The van der Waals surface area contributed by atoms with Crippen LogP contribution in [-0.2, 0) is 30.6 Å². The molecule has 3 aliphatic heterocycles. The number of imide groups is 2. The van der Waals surface area contributed by atoms with Gasteiger partial charge in [0.15, 0.2) is 9.84 Å². The summed E-state index contributed by atoms with van der Waals surface area (Å²) in [6.07, 6.45) is -0.738. The van der Waals surface area contributed by atoms with Gasteiger partial charge in [-0.3, -0.25) is 29.4 Å². The zero-order valence-electron chi connectivity index (χ0n) is 25.5. The van der Waals surface area contributed by atoms with Gasteiger partial charge in [-0.15, -0.1) is 5.12 Å². The normalized spacial score (nSPS) is 22.2. The Morgan fingerprint density at radius 2 is 1.83 bits per heavy atom. The number of nitrogens with zero attached hydrogens (tertiary/aromatic N) is 2. The molecule has 6 rings (SSSR count). The van der Waals surface area contributed by atoms with E-state index in [-0.39, 0.29) is 78.7 Å². The Kier molecular flexibility index (Phi) is 9.08. The molecule has 1 unspecified atom stereocenters. The fraction of sp³-hybridized carbons (Fsp3) is 0.400. The van der Waals surface area contributed by atoms with E-state index in [9.17, 15) is 41.5 Å². The first-order chi connectivity index (χ1) is 22.8. The first-order valence-electron chi connectivity index (χ1n) is 15.0. The minimum absolute atomic E-state index is 0.00935. The number of carbonyl (C=O) groups is 4. The van der Waals surface area contributed by atoms with Crippen molar-refractivity contribution in [1.29, 1.82) is 0 Å². The average molecular weight is 691 g/mol. The Balaban J connectivity index is 0.943. The lowest BCUT2D eigenvalue weighted by molar-refractivity contribution is -0.136. The molecule has 1 aliphatic carbocycles. The zero-order valence-corrected chi connectivity index (χ0v) is 26.4. The molecule has 0 radical (unpaired) electrons. The third kappa shape index (κ3) is 6.43. The lowest BCUT2D eigenvalue weighted by Gasteiger charge is -2.27. The van der Waals surface area contributed by atoms with Crippen LogP contribution in [0.25, 0.3) is 0 Å². The average Bonchev–Trinajstić information content (AvgIpc) is 3.68. The number of hydrazine groups is 2. The number of fused-ring (bicyclic) bond motifs is 2. The van der Waals surface area contributed by atoms with Crippen LogP contribution in [0.5, 0.6) is 5.75 Å². The third-order valence-electron chi connectivity index (χ3n) is 8.33. The van der Waals surface area contributed by atoms with Crippen molar-refractivity contribution in [1.82, 2.24) is 26.2 Å². The highest BCUT2D eigenvalue weighted by atomic mass is 32.2. The van der Waals surface area contributed by atoms with Crippen molar-refractivity contribution < 1.29 is 51.0 Å². The van der Waals surface area contributed by atoms with Crippen LogP contribution in [-0.4, -0.2) is 98.6 Å². The van der Waals surface area contributed by atoms with Crippen molar-refractivity contribution in [2.75, 3.05) is 44.5 Å². The van der Waals surface area contributed by atoms with E-state index in [2.05, 4.69) is 21.5 Å². The fourth-order valence-corrected chi connectivity index (χ4v) is 6.95. The summed E-state index contributed by atoms with van der Waals surface area (Å²) in [6.45, 7) is 1.00. The highest BCUT2D eigenvalue weighted by molar-refractivity contribution is 7.90. The number of amides is 4. The van der Waals surface area contributed by atoms with E-state index in [1.54, 1.807) is 11.3 Å². The maximum absolute atomic E-state index is 14.9. The lowest BCUT2D eigenvalue weighted by Crippen LogP contribution is -2.54. The van der Waals surface area contributed by atoms with Gasteiger partial charge in [0.05, 0.1) is 53.7 Å². The molecule has 0 bridgehead atoms. The van der Waals surface area contributed by atoms with Crippen LogP contribution in [0.15, 0.2) is 41.1 Å². The fourth-order valence-electron chi connectivity index (χ4n) is 5.99. The van der Waals surface area contributed by atoms with E-state index in [0.29, 0.717) is 17.8 Å². The van der Waals surface area contributed by atoms with Gasteiger partial charge < -0.3 is 30.7 Å². The number of alkyl halides is 1.